The topological polar surface area (TPSA) is 75.1 Å². The summed E-state index contributed by atoms with van der Waals surface area (Å²) in [6.07, 6.45) is 5.19. The van der Waals surface area contributed by atoms with Crippen LogP contribution in [0.1, 0.15) is 53.9 Å². The number of nitrogens with one attached hydrogen (secondary N) is 2. The van der Waals surface area contributed by atoms with Crippen LogP contribution in [-0.2, 0) is 11.2 Å². The van der Waals surface area contributed by atoms with Gasteiger partial charge in [-0.3, -0.25) is 4.79 Å². The molecule has 6 rings (SSSR count). The fraction of sp³-hybridized carbons (Fsp3) is 0.345. The summed E-state index contributed by atoms with van der Waals surface area (Å²) in [6, 6.07) is 23.0. The third kappa shape index (κ3) is 4.40. The second-order valence-electron chi connectivity index (χ2n) is 9.94. The van der Waals surface area contributed by atoms with Gasteiger partial charge in [-0.1, -0.05) is 54.6 Å². The van der Waals surface area contributed by atoms with E-state index >= 15 is 0 Å². The van der Waals surface area contributed by atoms with E-state index in [1.807, 2.05) is 41.4 Å². The van der Waals surface area contributed by atoms with E-state index in [0.29, 0.717) is 0 Å². The van der Waals surface area contributed by atoms with Crippen molar-refractivity contribution in [2.75, 3.05) is 13.1 Å². The maximum Gasteiger partial charge on any atom is 0.241 e. The number of pyridine rings is 1. The van der Waals surface area contributed by atoms with Gasteiger partial charge in [0, 0.05) is 37.8 Å². The fourth-order valence-electron chi connectivity index (χ4n) is 5.65. The Morgan fingerprint density at radius 2 is 1.75 bits per heavy atom. The molecule has 0 bridgehead atoms. The smallest absolute Gasteiger partial charge is 0.241 e. The standard InChI is InChI=1S/C29H32N6O/c1-20-8-5-6-11-22(20)18-27-31-24-12-7-15-30-28(24)35(27)23-13-16-34(17-14-23)29(36)26-19-25(32-33-26)21-9-3-2-4-10-21/h2-12,15,23,25-26,32-33H,13-14,16-19H2,1H3. The van der Waals surface area contributed by atoms with Gasteiger partial charge in [0.2, 0.25) is 5.91 Å². The lowest BCUT2D eigenvalue weighted by Crippen LogP contribution is -2.48. The number of hydrogen-bond donors (Lipinski definition) is 2. The third-order valence-corrected chi connectivity index (χ3v) is 7.68. The minimum atomic E-state index is -0.195. The third-order valence-electron chi connectivity index (χ3n) is 7.68. The lowest BCUT2D eigenvalue weighted by Gasteiger charge is -2.34. The zero-order valence-electron chi connectivity index (χ0n) is 20.6. The highest BCUT2D eigenvalue weighted by Gasteiger charge is 2.35. The zero-order chi connectivity index (χ0) is 24.5. The number of fused-ring (bicyclic) bond motifs is 1. The number of benzene rings is 2. The lowest BCUT2D eigenvalue weighted by atomic mass is 9.99. The summed E-state index contributed by atoms with van der Waals surface area (Å²) >= 11 is 0. The van der Waals surface area contributed by atoms with Gasteiger partial charge in [-0.25, -0.2) is 20.8 Å². The molecule has 36 heavy (non-hydrogen) atoms. The maximum atomic E-state index is 13.3. The van der Waals surface area contributed by atoms with Crippen LogP contribution < -0.4 is 10.9 Å². The van der Waals surface area contributed by atoms with Crippen molar-refractivity contribution in [3.63, 3.8) is 0 Å². The lowest BCUT2D eigenvalue weighted by molar-refractivity contribution is -0.134. The van der Waals surface area contributed by atoms with Gasteiger partial charge in [0.25, 0.3) is 0 Å². The fourth-order valence-corrected chi connectivity index (χ4v) is 5.65. The van der Waals surface area contributed by atoms with Gasteiger partial charge in [0.05, 0.1) is 0 Å². The van der Waals surface area contributed by atoms with Crippen LogP contribution in [0, 0.1) is 6.92 Å². The number of aryl methyl sites for hydroxylation is 1. The van der Waals surface area contributed by atoms with E-state index in [1.165, 1.54) is 16.7 Å². The summed E-state index contributed by atoms with van der Waals surface area (Å²) in [4.78, 5) is 25.0. The molecule has 2 fully saturated rings. The first kappa shape index (κ1) is 22.9. The first-order valence-electron chi connectivity index (χ1n) is 12.9. The van der Waals surface area contributed by atoms with E-state index < -0.39 is 0 Å². The molecule has 0 spiro atoms. The highest BCUT2D eigenvalue weighted by Crippen LogP contribution is 2.30. The van der Waals surface area contributed by atoms with Gasteiger partial charge >= 0.3 is 0 Å². The van der Waals surface area contributed by atoms with E-state index in [1.54, 1.807) is 0 Å². The molecule has 184 valence electrons. The molecular weight excluding hydrogens is 448 g/mol. The van der Waals surface area contributed by atoms with E-state index in [-0.39, 0.29) is 24.0 Å². The highest BCUT2D eigenvalue weighted by molar-refractivity contribution is 5.82. The van der Waals surface area contributed by atoms with Crippen LogP contribution in [-0.4, -0.2) is 44.5 Å². The Balaban J connectivity index is 1.16. The van der Waals surface area contributed by atoms with E-state index in [4.69, 9.17) is 9.97 Å². The first-order chi connectivity index (χ1) is 17.7. The number of carbonyl (C=O) groups excluding carboxylic acids is 1. The van der Waals surface area contributed by atoms with Crippen molar-refractivity contribution in [1.29, 1.82) is 0 Å². The first-order valence-corrected chi connectivity index (χ1v) is 12.9. The van der Waals surface area contributed by atoms with Crippen LogP contribution in [0.2, 0.25) is 0 Å². The molecule has 1 amide bonds. The zero-order valence-corrected chi connectivity index (χ0v) is 20.6. The number of imidazole rings is 1. The van der Waals surface area contributed by atoms with Crippen LogP contribution in [0.5, 0.6) is 0 Å². The number of aromatic nitrogens is 3. The largest absolute Gasteiger partial charge is 0.341 e. The number of hydrazine groups is 1. The molecule has 0 saturated carbocycles. The van der Waals surface area contributed by atoms with Gasteiger partial charge in [-0.2, -0.15) is 0 Å². The number of piperidine rings is 1. The number of rotatable bonds is 5. The molecule has 2 unspecified atom stereocenters. The van der Waals surface area contributed by atoms with E-state index in [9.17, 15) is 4.79 Å². The monoisotopic (exact) mass is 480 g/mol. The number of hydrogen-bond acceptors (Lipinski definition) is 5. The van der Waals surface area contributed by atoms with Gasteiger partial charge in [0.15, 0.2) is 5.65 Å². The summed E-state index contributed by atoms with van der Waals surface area (Å²) in [5, 5.41) is 0. The summed E-state index contributed by atoms with van der Waals surface area (Å²) in [7, 11) is 0. The minimum absolute atomic E-state index is 0.157. The Labute approximate surface area is 211 Å². The van der Waals surface area contributed by atoms with Crippen LogP contribution in [0.25, 0.3) is 11.2 Å². The molecule has 0 radical (unpaired) electrons. The Morgan fingerprint density at radius 1 is 0.972 bits per heavy atom. The van der Waals surface area contributed by atoms with Crippen LogP contribution in [0.3, 0.4) is 0 Å². The van der Waals surface area contributed by atoms with Crippen LogP contribution in [0.15, 0.2) is 72.9 Å². The van der Waals surface area contributed by atoms with Crippen molar-refractivity contribution in [3.05, 3.63) is 95.4 Å². The molecule has 2 aromatic carbocycles. The number of nitrogens with zero attached hydrogens (tertiary/aromatic N) is 4. The van der Waals surface area contributed by atoms with Gasteiger partial charge in [-0.05, 0) is 55.0 Å². The average Bonchev–Trinajstić information content (AvgIpc) is 3.55. The summed E-state index contributed by atoms with van der Waals surface area (Å²) in [6.45, 7) is 3.64. The SMILES string of the molecule is Cc1ccccc1Cc1nc2cccnc2n1C1CCN(C(=O)C2CC(c3ccccc3)NN2)CC1. The Bertz CT molecular complexity index is 1360. The van der Waals surface area contributed by atoms with Gasteiger partial charge < -0.3 is 9.47 Å². The molecular formula is C29H32N6O. The molecule has 7 heteroatoms. The quantitative estimate of drug-likeness (QED) is 0.450. The number of amides is 1. The Morgan fingerprint density at radius 3 is 2.56 bits per heavy atom. The highest BCUT2D eigenvalue weighted by atomic mass is 16.2. The normalized spacial score (nSPS) is 20.8. The van der Waals surface area contributed by atoms with Crippen molar-refractivity contribution in [1.82, 2.24) is 30.3 Å². The van der Waals surface area contributed by atoms with Crippen molar-refractivity contribution >= 4 is 17.1 Å². The van der Waals surface area contributed by atoms with E-state index in [0.717, 1.165) is 55.8 Å². The molecule has 2 aliphatic rings. The maximum absolute atomic E-state index is 13.3. The van der Waals surface area contributed by atoms with Gasteiger partial charge in [-0.15, -0.1) is 0 Å². The molecule has 2 saturated heterocycles. The summed E-state index contributed by atoms with van der Waals surface area (Å²) in [5.74, 6) is 1.24. The Hall–Kier alpha value is -3.55. The molecule has 0 aliphatic carbocycles. The van der Waals surface area contributed by atoms with Crippen molar-refractivity contribution in [3.8, 4) is 0 Å². The molecule has 4 heterocycles. The molecule has 2 aliphatic heterocycles. The summed E-state index contributed by atoms with van der Waals surface area (Å²) < 4.78 is 2.34. The molecule has 4 aromatic rings. The predicted molar refractivity (Wildman–Crippen MR) is 140 cm³/mol. The Kier molecular flexibility index (Phi) is 6.25. The second-order valence-corrected chi connectivity index (χ2v) is 9.94. The predicted octanol–water partition coefficient (Wildman–Crippen LogP) is 4.10. The second kappa shape index (κ2) is 9.84. The molecule has 2 atom stereocenters. The molecule has 2 aromatic heterocycles. The van der Waals surface area contributed by atoms with Gasteiger partial charge in [0.1, 0.15) is 17.4 Å². The molecule has 7 nitrogen and oxygen atoms in total. The van der Waals surface area contributed by atoms with Crippen LogP contribution in [0.4, 0.5) is 0 Å². The van der Waals surface area contributed by atoms with Crippen molar-refractivity contribution < 1.29 is 4.79 Å². The number of carbonyl (C=O) groups is 1. The minimum Gasteiger partial charge on any atom is -0.341 e. The van der Waals surface area contributed by atoms with Crippen LogP contribution >= 0.6 is 0 Å². The molecule has 2 N–H and O–H groups in total. The average molecular weight is 481 g/mol. The van der Waals surface area contributed by atoms with Crippen molar-refractivity contribution in [2.24, 2.45) is 0 Å². The van der Waals surface area contributed by atoms with Crippen molar-refractivity contribution in [2.45, 2.75) is 50.7 Å². The summed E-state index contributed by atoms with van der Waals surface area (Å²) in [5.41, 5.74) is 12.2. The van der Waals surface area contributed by atoms with E-state index in [2.05, 4.69) is 58.7 Å². The number of likely N-dealkylation sites (tertiary alicyclic amines) is 1.